The maximum atomic E-state index is 6.13. The molecule has 0 aliphatic heterocycles. The fraction of sp³-hybridized carbons (Fsp3) is 0.250. The minimum absolute atomic E-state index is 0.0872. The van der Waals surface area contributed by atoms with E-state index in [0.29, 0.717) is 16.6 Å². The van der Waals surface area contributed by atoms with Gasteiger partial charge in [0.25, 0.3) is 0 Å². The van der Waals surface area contributed by atoms with E-state index in [9.17, 15) is 0 Å². The van der Waals surface area contributed by atoms with E-state index in [-0.39, 0.29) is 6.10 Å². The Hall–Kier alpha value is -1.38. The summed E-state index contributed by atoms with van der Waals surface area (Å²) in [6, 6.07) is 15.2. The first-order valence-corrected chi connectivity index (χ1v) is 7.35. The molecule has 0 saturated carbocycles. The highest BCUT2D eigenvalue weighted by atomic mass is 35.5. The minimum atomic E-state index is 0.0872. The van der Waals surface area contributed by atoms with Gasteiger partial charge >= 0.3 is 0 Å². The SMILES string of the molecule is CCC(CNc1ccc(Cl)cc1Cl)Oc1ccccc1. The molecular weight excluding hydrogens is 293 g/mol. The molecule has 0 aliphatic carbocycles. The molecule has 4 heteroatoms. The van der Waals surface area contributed by atoms with Crippen molar-refractivity contribution in [1.82, 2.24) is 0 Å². The largest absolute Gasteiger partial charge is 0.489 e. The fourth-order valence-corrected chi connectivity index (χ4v) is 2.29. The third-order valence-corrected chi connectivity index (χ3v) is 3.50. The lowest BCUT2D eigenvalue weighted by Crippen LogP contribution is -2.25. The summed E-state index contributed by atoms with van der Waals surface area (Å²) in [7, 11) is 0. The van der Waals surface area contributed by atoms with Crippen molar-refractivity contribution in [1.29, 1.82) is 0 Å². The van der Waals surface area contributed by atoms with Crippen LogP contribution in [-0.4, -0.2) is 12.6 Å². The summed E-state index contributed by atoms with van der Waals surface area (Å²) in [5, 5.41) is 4.55. The summed E-state index contributed by atoms with van der Waals surface area (Å²) in [6.45, 7) is 2.78. The van der Waals surface area contributed by atoms with Gasteiger partial charge in [0.1, 0.15) is 11.9 Å². The van der Waals surface area contributed by atoms with E-state index in [4.69, 9.17) is 27.9 Å². The Balaban J connectivity index is 1.93. The van der Waals surface area contributed by atoms with Crippen LogP contribution in [0.3, 0.4) is 0 Å². The predicted octanol–water partition coefficient (Wildman–Crippen LogP) is 5.26. The normalized spacial score (nSPS) is 11.9. The lowest BCUT2D eigenvalue weighted by molar-refractivity contribution is 0.210. The Morgan fingerprint density at radius 1 is 1.10 bits per heavy atom. The van der Waals surface area contributed by atoms with Gasteiger partial charge in [-0.25, -0.2) is 0 Å². The Morgan fingerprint density at radius 3 is 2.50 bits per heavy atom. The number of nitrogens with one attached hydrogen (secondary N) is 1. The van der Waals surface area contributed by atoms with E-state index < -0.39 is 0 Å². The summed E-state index contributed by atoms with van der Waals surface area (Å²) in [6.07, 6.45) is 0.997. The Labute approximate surface area is 129 Å². The Morgan fingerprint density at radius 2 is 1.85 bits per heavy atom. The van der Waals surface area contributed by atoms with Crippen molar-refractivity contribution >= 4 is 28.9 Å². The second-order valence-corrected chi connectivity index (χ2v) is 5.31. The first-order valence-electron chi connectivity index (χ1n) is 6.59. The molecule has 1 N–H and O–H groups in total. The lowest BCUT2D eigenvalue weighted by atomic mass is 10.2. The summed E-state index contributed by atoms with van der Waals surface area (Å²) in [4.78, 5) is 0. The standard InChI is InChI=1S/C16H17Cl2NO/c1-2-13(20-14-6-4-3-5-7-14)11-19-16-9-8-12(17)10-15(16)18/h3-10,13,19H,2,11H2,1H3. The molecule has 2 rings (SSSR count). The van der Waals surface area contributed by atoms with Gasteiger partial charge < -0.3 is 10.1 Å². The number of hydrogen-bond acceptors (Lipinski definition) is 2. The number of rotatable bonds is 6. The van der Waals surface area contributed by atoms with Crippen LogP contribution >= 0.6 is 23.2 Å². The Bertz CT molecular complexity index is 545. The van der Waals surface area contributed by atoms with Gasteiger partial charge in [0, 0.05) is 5.02 Å². The van der Waals surface area contributed by atoms with Crippen LogP contribution in [0.25, 0.3) is 0 Å². The van der Waals surface area contributed by atoms with Crippen LogP contribution in [-0.2, 0) is 0 Å². The molecule has 2 aromatic carbocycles. The molecule has 0 radical (unpaired) electrons. The van der Waals surface area contributed by atoms with E-state index in [0.717, 1.165) is 17.9 Å². The lowest BCUT2D eigenvalue weighted by Gasteiger charge is -2.19. The highest BCUT2D eigenvalue weighted by Crippen LogP contribution is 2.25. The van der Waals surface area contributed by atoms with Gasteiger partial charge in [-0.3, -0.25) is 0 Å². The molecule has 0 spiro atoms. The van der Waals surface area contributed by atoms with Gasteiger partial charge in [-0.05, 0) is 36.8 Å². The number of para-hydroxylation sites is 1. The third-order valence-electron chi connectivity index (χ3n) is 2.95. The van der Waals surface area contributed by atoms with Crippen LogP contribution in [0.1, 0.15) is 13.3 Å². The van der Waals surface area contributed by atoms with Crippen molar-refractivity contribution < 1.29 is 4.74 Å². The second kappa shape index (κ2) is 7.41. The summed E-state index contributed by atoms with van der Waals surface area (Å²) >= 11 is 12.0. The first kappa shape index (κ1) is 15.0. The maximum absolute atomic E-state index is 6.13. The maximum Gasteiger partial charge on any atom is 0.119 e. The van der Waals surface area contributed by atoms with Gasteiger partial charge in [-0.1, -0.05) is 48.3 Å². The molecule has 1 unspecified atom stereocenters. The number of benzene rings is 2. The molecular formula is C16H17Cl2NO. The summed E-state index contributed by atoms with van der Waals surface area (Å²) in [5.41, 5.74) is 0.867. The quantitative estimate of drug-likeness (QED) is 0.785. The molecule has 2 nitrogen and oxygen atoms in total. The van der Waals surface area contributed by atoms with Crippen molar-refractivity contribution in [2.45, 2.75) is 19.4 Å². The fourth-order valence-electron chi connectivity index (χ4n) is 1.82. The van der Waals surface area contributed by atoms with Gasteiger partial charge in [0.05, 0.1) is 17.3 Å². The Kier molecular flexibility index (Phi) is 5.57. The van der Waals surface area contributed by atoms with Crippen LogP contribution < -0.4 is 10.1 Å². The molecule has 0 bridgehead atoms. The van der Waals surface area contributed by atoms with E-state index in [2.05, 4.69) is 12.2 Å². The van der Waals surface area contributed by atoms with Gasteiger partial charge in [-0.15, -0.1) is 0 Å². The van der Waals surface area contributed by atoms with Gasteiger partial charge in [0.2, 0.25) is 0 Å². The molecule has 0 aliphatic rings. The summed E-state index contributed by atoms with van der Waals surface area (Å²) in [5.74, 6) is 0.878. The highest BCUT2D eigenvalue weighted by Gasteiger charge is 2.09. The first-order chi connectivity index (χ1) is 9.69. The van der Waals surface area contributed by atoms with Crippen molar-refractivity contribution in [2.24, 2.45) is 0 Å². The smallest absolute Gasteiger partial charge is 0.119 e. The predicted molar refractivity (Wildman–Crippen MR) is 86.1 cm³/mol. The van der Waals surface area contributed by atoms with Crippen molar-refractivity contribution in [2.75, 3.05) is 11.9 Å². The molecule has 0 aromatic heterocycles. The molecule has 0 fully saturated rings. The zero-order chi connectivity index (χ0) is 14.4. The van der Waals surface area contributed by atoms with Crippen LogP contribution in [0.2, 0.25) is 10.0 Å². The molecule has 0 saturated heterocycles. The van der Waals surface area contributed by atoms with Crippen LogP contribution in [0.4, 0.5) is 5.69 Å². The van der Waals surface area contributed by atoms with Crippen molar-refractivity contribution in [3.63, 3.8) is 0 Å². The monoisotopic (exact) mass is 309 g/mol. The van der Waals surface area contributed by atoms with E-state index in [1.54, 1.807) is 6.07 Å². The van der Waals surface area contributed by atoms with E-state index in [1.165, 1.54) is 0 Å². The molecule has 2 aromatic rings. The number of halogens is 2. The van der Waals surface area contributed by atoms with Crippen LogP contribution in [0.15, 0.2) is 48.5 Å². The van der Waals surface area contributed by atoms with Crippen molar-refractivity contribution in [3.8, 4) is 5.75 Å². The number of hydrogen-bond donors (Lipinski definition) is 1. The van der Waals surface area contributed by atoms with Gasteiger partial charge in [0.15, 0.2) is 0 Å². The van der Waals surface area contributed by atoms with Crippen LogP contribution in [0.5, 0.6) is 5.75 Å². The highest BCUT2D eigenvalue weighted by molar-refractivity contribution is 6.36. The second-order valence-electron chi connectivity index (χ2n) is 4.47. The van der Waals surface area contributed by atoms with Crippen molar-refractivity contribution in [3.05, 3.63) is 58.6 Å². The zero-order valence-electron chi connectivity index (χ0n) is 11.3. The summed E-state index contributed by atoms with van der Waals surface area (Å²) < 4.78 is 5.92. The zero-order valence-corrected chi connectivity index (χ0v) is 12.8. The molecule has 20 heavy (non-hydrogen) atoms. The number of anilines is 1. The van der Waals surface area contributed by atoms with E-state index in [1.807, 2.05) is 42.5 Å². The minimum Gasteiger partial charge on any atom is -0.489 e. The third kappa shape index (κ3) is 4.32. The average Bonchev–Trinajstić information content (AvgIpc) is 2.46. The average molecular weight is 310 g/mol. The van der Waals surface area contributed by atoms with Gasteiger partial charge in [-0.2, -0.15) is 0 Å². The molecule has 1 atom stereocenters. The molecule has 106 valence electrons. The van der Waals surface area contributed by atoms with E-state index >= 15 is 0 Å². The number of ether oxygens (including phenoxy) is 1. The molecule has 0 heterocycles. The van der Waals surface area contributed by atoms with Crippen LogP contribution in [0, 0.1) is 0 Å². The topological polar surface area (TPSA) is 21.3 Å². The molecule has 0 amide bonds.